The lowest BCUT2D eigenvalue weighted by Crippen LogP contribution is -2.24. The molecule has 3 nitrogen and oxygen atoms in total. The van der Waals surface area contributed by atoms with E-state index in [9.17, 15) is 0 Å². The third-order valence-electron chi connectivity index (χ3n) is 2.79. The van der Waals surface area contributed by atoms with Gasteiger partial charge in [0.1, 0.15) is 0 Å². The summed E-state index contributed by atoms with van der Waals surface area (Å²) in [5, 5.41) is 4.37. The zero-order chi connectivity index (χ0) is 13.8. The number of halogens is 2. The van der Waals surface area contributed by atoms with Crippen LogP contribution in [0.15, 0.2) is 12.1 Å². The summed E-state index contributed by atoms with van der Waals surface area (Å²) in [6.45, 7) is 5.83. The molecule has 5 heteroatoms. The number of ether oxygens (including phenoxy) is 1. The number of nitrogen functional groups attached to an aromatic ring is 1. The van der Waals surface area contributed by atoms with E-state index < -0.39 is 0 Å². The normalized spacial score (nSPS) is 11.6. The monoisotopic (exact) mass is 290 g/mol. The van der Waals surface area contributed by atoms with E-state index in [0.29, 0.717) is 15.7 Å². The summed E-state index contributed by atoms with van der Waals surface area (Å²) >= 11 is 12.2. The van der Waals surface area contributed by atoms with Gasteiger partial charge in [-0.15, -0.1) is 0 Å². The molecule has 0 heterocycles. The standard InChI is InChI=1S/C13H20Cl2N2O/c1-13(2,4-5-18-3)8-17-12-10(14)6-9(16)7-11(12)15/h6-7,17H,4-5,8,16H2,1-3H3. The molecule has 1 aromatic carbocycles. The van der Waals surface area contributed by atoms with Gasteiger partial charge < -0.3 is 15.8 Å². The van der Waals surface area contributed by atoms with Gasteiger partial charge in [0.15, 0.2) is 0 Å². The number of nitrogens with one attached hydrogen (secondary N) is 1. The van der Waals surface area contributed by atoms with Crippen LogP contribution in [-0.4, -0.2) is 20.3 Å². The van der Waals surface area contributed by atoms with E-state index in [2.05, 4.69) is 19.2 Å². The minimum absolute atomic E-state index is 0.101. The van der Waals surface area contributed by atoms with Crippen LogP contribution in [0.25, 0.3) is 0 Å². The highest BCUT2D eigenvalue weighted by atomic mass is 35.5. The molecule has 0 unspecified atom stereocenters. The first-order chi connectivity index (χ1) is 8.35. The Morgan fingerprint density at radius 1 is 1.28 bits per heavy atom. The molecule has 0 radical (unpaired) electrons. The zero-order valence-electron chi connectivity index (χ0n) is 11.0. The van der Waals surface area contributed by atoms with E-state index in [4.69, 9.17) is 33.7 Å². The van der Waals surface area contributed by atoms with Crippen molar-refractivity contribution in [1.82, 2.24) is 0 Å². The Balaban J connectivity index is 2.69. The number of hydrogen-bond donors (Lipinski definition) is 2. The van der Waals surface area contributed by atoms with Crippen LogP contribution in [-0.2, 0) is 4.74 Å². The molecule has 0 aromatic heterocycles. The van der Waals surface area contributed by atoms with Crippen molar-refractivity contribution in [3.8, 4) is 0 Å². The highest BCUT2D eigenvalue weighted by molar-refractivity contribution is 6.39. The van der Waals surface area contributed by atoms with Crippen LogP contribution in [0.2, 0.25) is 10.0 Å². The number of rotatable bonds is 6. The van der Waals surface area contributed by atoms with Gasteiger partial charge in [-0.3, -0.25) is 0 Å². The van der Waals surface area contributed by atoms with E-state index in [1.54, 1.807) is 19.2 Å². The van der Waals surface area contributed by atoms with Crippen LogP contribution in [0.4, 0.5) is 11.4 Å². The molecule has 102 valence electrons. The minimum atomic E-state index is 0.101. The summed E-state index contributed by atoms with van der Waals surface area (Å²) in [5.41, 5.74) is 7.06. The lowest BCUT2D eigenvalue weighted by Gasteiger charge is -2.25. The second kappa shape index (κ2) is 6.50. The Morgan fingerprint density at radius 2 is 1.83 bits per heavy atom. The molecule has 1 aromatic rings. The van der Waals surface area contributed by atoms with E-state index in [-0.39, 0.29) is 5.41 Å². The van der Waals surface area contributed by atoms with Crippen molar-refractivity contribution in [3.05, 3.63) is 22.2 Å². The van der Waals surface area contributed by atoms with Gasteiger partial charge in [0.05, 0.1) is 15.7 Å². The van der Waals surface area contributed by atoms with Gasteiger partial charge in [-0.25, -0.2) is 0 Å². The zero-order valence-corrected chi connectivity index (χ0v) is 12.5. The smallest absolute Gasteiger partial charge is 0.0720 e. The predicted molar refractivity (Wildman–Crippen MR) is 79.6 cm³/mol. The van der Waals surface area contributed by atoms with Gasteiger partial charge in [0.2, 0.25) is 0 Å². The number of anilines is 2. The van der Waals surface area contributed by atoms with E-state index in [1.165, 1.54) is 0 Å². The Kier molecular flexibility index (Phi) is 5.57. The van der Waals surface area contributed by atoms with Crippen LogP contribution in [0.5, 0.6) is 0 Å². The van der Waals surface area contributed by atoms with Crippen molar-refractivity contribution in [2.75, 3.05) is 31.3 Å². The fraction of sp³-hybridized carbons (Fsp3) is 0.538. The van der Waals surface area contributed by atoms with Gasteiger partial charge in [-0.1, -0.05) is 37.0 Å². The first kappa shape index (κ1) is 15.4. The third kappa shape index (κ3) is 4.56. The van der Waals surface area contributed by atoms with Gasteiger partial charge in [-0.2, -0.15) is 0 Å². The van der Waals surface area contributed by atoms with Crippen LogP contribution < -0.4 is 11.1 Å². The maximum Gasteiger partial charge on any atom is 0.0720 e. The summed E-state index contributed by atoms with van der Waals surface area (Å²) in [5.74, 6) is 0. The number of nitrogens with two attached hydrogens (primary N) is 1. The number of hydrogen-bond acceptors (Lipinski definition) is 3. The van der Waals surface area contributed by atoms with Crippen molar-refractivity contribution in [2.24, 2.45) is 5.41 Å². The van der Waals surface area contributed by atoms with Crippen molar-refractivity contribution < 1.29 is 4.74 Å². The predicted octanol–water partition coefficient (Wildman–Crippen LogP) is 4.05. The van der Waals surface area contributed by atoms with Crippen molar-refractivity contribution >= 4 is 34.6 Å². The SMILES string of the molecule is COCCC(C)(C)CNc1c(Cl)cc(N)cc1Cl. The number of benzene rings is 1. The van der Waals surface area contributed by atoms with Gasteiger partial charge in [-0.05, 0) is 24.0 Å². The summed E-state index contributed by atoms with van der Waals surface area (Å²) in [6, 6.07) is 3.38. The Morgan fingerprint density at radius 3 is 2.33 bits per heavy atom. The van der Waals surface area contributed by atoms with Gasteiger partial charge in [0, 0.05) is 25.9 Å². The Hall–Kier alpha value is -0.640. The summed E-state index contributed by atoms with van der Waals surface area (Å²) in [7, 11) is 1.71. The summed E-state index contributed by atoms with van der Waals surface area (Å²) < 4.78 is 5.10. The maximum atomic E-state index is 6.12. The molecule has 0 spiro atoms. The lowest BCUT2D eigenvalue weighted by molar-refractivity contribution is 0.157. The Bertz CT molecular complexity index is 385. The van der Waals surface area contributed by atoms with E-state index in [1.807, 2.05) is 0 Å². The molecular formula is C13H20Cl2N2O. The summed E-state index contributed by atoms with van der Waals surface area (Å²) in [6.07, 6.45) is 0.959. The molecule has 0 aliphatic rings. The van der Waals surface area contributed by atoms with Crippen molar-refractivity contribution in [3.63, 3.8) is 0 Å². The van der Waals surface area contributed by atoms with Crippen LogP contribution in [0, 0.1) is 5.41 Å². The molecule has 0 saturated carbocycles. The molecule has 0 fully saturated rings. The van der Waals surface area contributed by atoms with Crippen LogP contribution >= 0.6 is 23.2 Å². The molecule has 0 atom stereocenters. The highest BCUT2D eigenvalue weighted by Gasteiger charge is 2.18. The molecule has 3 N–H and O–H groups in total. The first-order valence-electron chi connectivity index (χ1n) is 5.83. The maximum absolute atomic E-state index is 6.12. The average molecular weight is 291 g/mol. The molecular weight excluding hydrogens is 271 g/mol. The molecule has 0 bridgehead atoms. The second-order valence-electron chi connectivity index (χ2n) is 5.12. The lowest BCUT2D eigenvalue weighted by atomic mass is 9.89. The Labute approximate surface area is 119 Å². The average Bonchev–Trinajstić information content (AvgIpc) is 2.24. The molecule has 1 rings (SSSR count). The third-order valence-corrected chi connectivity index (χ3v) is 3.39. The topological polar surface area (TPSA) is 47.3 Å². The van der Waals surface area contributed by atoms with Crippen molar-refractivity contribution in [2.45, 2.75) is 20.3 Å². The molecule has 0 saturated heterocycles. The second-order valence-corrected chi connectivity index (χ2v) is 5.93. The molecule has 0 amide bonds. The molecule has 0 aliphatic carbocycles. The minimum Gasteiger partial charge on any atom is -0.399 e. The number of methoxy groups -OCH3 is 1. The van der Waals surface area contributed by atoms with E-state index in [0.717, 1.165) is 25.3 Å². The first-order valence-corrected chi connectivity index (χ1v) is 6.58. The largest absolute Gasteiger partial charge is 0.399 e. The molecule has 0 aliphatic heterocycles. The van der Waals surface area contributed by atoms with Crippen LogP contribution in [0.3, 0.4) is 0 Å². The van der Waals surface area contributed by atoms with E-state index >= 15 is 0 Å². The fourth-order valence-electron chi connectivity index (χ4n) is 1.56. The van der Waals surface area contributed by atoms with Gasteiger partial charge in [0.25, 0.3) is 0 Å². The highest BCUT2D eigenvalue weighted by Crippen LogP contribution is 2.34. The quantitative estimate of drug-likeness (QED) is 0.777. The van der Waals surface area contributed by atoms with Crippen molar-refractivity contribution in [1.29, 1.82) is 0 Å². The summed E-state index contributed by atoms with van der Waals surface area (Å²) in [4.78, 5) is 0. The molecule has 18 heavy (non-hydrogen) atoms. The van der Waals surface area contributed by atoms with Gasteiger partial charge >= 0.3 is 0 Å². The van der Waals surface area contributed by atoms with Crippen LogP contribution in [0.1, 0.15) is 20.3 Å². The fourth-order valence-corrected chi connectivity index (χ4v) is 2.19.